The Labute approximate surface area is 336 Å². The summed E-state index contributed by atoms with van der Waals surface area (Å²) < 4.78 is 54.3. The van der Waals surface area contributed by atoms with Crippen molar-refractivity contribution >= 4 is 58.6 Å². The van der Waals surface area contributed by atoms with Crippen LogP contribution in [0.2, 0.25) is 10.0 Å². The van der Waals surface area contributed by atoms with E-state index in [1.807, 2.05) is 6.07 Å². The average Bonchev–Trinajstić information content (AvgIpc) is 3.72. The molecule has 298 valence electrons. The summed E-state index contributed by atoms with van der Waals surface area (Å²) in [4.78, 5) is 10.4. The van der Waals surface area contributed by atoms with Gasteiger partial charge in [-0.15, -0.1) is 17.5 Å². The van der Waals surface area contributed by atoms with Crippen molar-refractivity contribution in [2.45, 2.75) is 63.2 Å². The number of hydrazine groups is 1. The van der Waals surface area contributed by atoms with Gasteiger partial charge in [-0.2, -0.15) is 17.7 Å². The molecule has 1 atom stereocenters. The number of nitrogens with zero attached hydrogens (tertiary/aromatic N) is 5. The third-order valence-corrected chi connectivity index (χ3v) is 11.8. The number of halogens is 6. The molecular formula is C38H40Cl3F3N8O4. The van der Waals surface area contributed by atoms with E-state index in [1.54, 1.807) is 30.5 Å². The zero-order valence-corrected chi connectivity index (χ0v) is 32.5. The number of aromatic nitrogens is 3. The molecule has 0 saturated carbocycles. The number of hydrogen-bond donors (Lipinski definition) is 5. The number of amidine groups is 1. The molecule has 18 heteroatoms. The van der Waals surface area contributed by atoms with Crippen LogP contribution in [-0.2, 0) is 28.5 Å². The second-order valence-corrected chi connectivity index (χ2v) is 15.0. The summed E-state index contributed by atoms with van der Waals surface area (Å²) in [5.74, 6) is -0.368. The van der Waals surface area contributed by atoms with E-state index in [0.717, 1.165) is 6.07 Å². The Morgan fingerprint density at radius 2 is 1.68 bits per heavy atom. The molecule has 2 aromatic heterocycles. The summed E-state index contributed by atoms with van der Waals surface area (Å²) in [6, 6.07) is 9.43. The molecule has 2 aromatic carbocycles. The van der Waals surface area contributed by atoms with Crippen molar-refractivity contribution in [3.05, 3.63) is 104 Å². The fourth-order valence-corrected chi connectivity index (χ4v) is 8.34. The van der Waals surface area contributed by atoms with E-state index < -0.39 is 17.4 Å². The number of fused-ring (bicyclic) bond motifs is 2. The van der Waals surface area contributed by atoms with Gasteiger partial charge in [-0.05, 0) is 61.4 Å². The van der Waals surface area contributed by atoms with Crippen LogP contribution in [0.4, 0.5) is 24.7 Å². The van der Waals surface area contributed by atoms with Crippen molar-refractivity contribution in [1.29, 1.82) is 0 Å². The number of hydrogen-bond acceptors (Lipinski definition) is 11. The molecule has 4 aromatic rings. The van der Waals surface area contributed by atoms with Crippen molar-refractivity contribution in [3.63, 3.8) is 0 Å². The number of anilines is 2. The summed E-state index contributed by atoms with van der Waals surface area (Å²) >= 11 is 12.9. The monoisotopic (exact) mass is 834 g/mol. The maximum Gasteiger partial charge on any atom is 0.416 e. The third-order valence-electron chi connectivity index (χ3n) is 10.9. The summed E-state index contributed by atoms with van der Waals surface area (Å²) in [6.45, 7) is 3.29. The minimum absolute atomic E-state index is 0. The number of aliphatic imine (C=N–C) groups is 1. The molecule has 0 bridgehead atoms. The van der Waals surface area contributed by atoms with E-state index in [-0.39, 0.29) is 65.9 Å². The first-order chi connectivity index (χ1) is 26.3. The van der Waals surface area contributed by atoms with Gasteiger partial charge < -0.3 is 30.7 Å². The highest BCUT2D eigenvalue weighted by molar-refractivity contribution is 6.42. The largest absolute Gasteiger partial charge is 0.493 e. The fourth-order valence-electron chi connectivity index (χ4n) is 7.95. The molecule has 2 fully saturated rings. The molecule has 0 radical (unpaired) electrons. The molecular weight excluding hydrogens is 796 g/mol. The predicted octanol–water partition coefficient (Wildman–Crippen LogP) is 7.85. The van der Waals surface area contributed by atoms with Crippen LogP contribution in [0.1, 0.15) is 65.1 Å². The third kappa shape index (κ3) is 7.19. The normalized spacial score (nSPS) is 20.5. The van der Waals surface area contributed by atoms with Gasteiger partial charge in [-0.25, -0.2) is 15.0 Å². The number of aliphatic hydroxyl groups excluding tert-OH is 1. The molecule has 6 heterocycles. The maximum atomic E-state index is 13.9. The number of alkyl halides is 3. The lowest BCUT2D eigenvalue weighted by molar-refractivity contribution is -0.138. The molecule has 0 spiro atoms. The molecule has 0 amide bonds. The highest BCUT2D eigenvalue weighted by Gasteiger charge is 2.46. The highest BCUT2D eigenvalue weighted by Crippen LogP contribution is 2.45. The van der Waals surface area contributed by atoms with Crippen LogP contribution >= 0.6 is 35.6 Å². The van der Waals surface area contributed by atoms with Crippen LogP contribution in [0.5, 0.6) is 5.88 Å². The molecule has 4 aliphatic rings. The smallest absolute Gasteiger partial charge is 0.416 e. The van der Waals surface area contributed by atoms with Gasteiger partial charge in [0.05, 0.1) is 21.3 Å². The van der Waals surface area contributed by atoms with Crippen LogP contribution < -0.4 is 16.5 Å². The van der Waals surface area contributed by atoms with Crippen molar-refractivity contribution in [3.8, 4) is 5.88 Å². The van der Waals surface area contributed by atoms with Crippen molar-refractivity contribution in [1.82, 2.24) is 25.0 Å². The molecule has 4 aliphatic heterocycles. The number of nitrogens with one attached hydrogen (secondary N) is 2. The number of benzene rings is 2. The summed E-state index contributed by atoms with van der Waals surface area (Å²) in [6.07, 6.45) is 1.41. The lowest BCUT2D eigenvalue weighted by atomic mass is 9.84. The van der Waals surface area contributed by atoms with Gasteiger partial charge in [0.2, 0.25) is 11.8 Å². The van der Waals surface area contributed by atoms with Gasteiger partial charge in [0.25, 0.3) is 0 Å². The van der Waals surface area contributed by atoms with Crippen LogP contribution in [0.25, 0.3) is 5.65 Å². The fraction of sp³-hybridized carbons (Fsp3) is 0.395. The minimum atomic E-state index is -4.51. The number of aliphatic hydroxyl groups is 1. The van der Waals surface area contributed by atoms with Gasteiger partial charge in [0, 0.05) is 74.5 Å². The van der Waals surface area contributed by atoms with Gasteiger partial charge in [-0.3, -0.25) is 5.43 Å². The lowest BCUT2D eigenvalue weighted by Crippen LogP contribution is -2.51. The van der Waals surface area contributed by atoms with E-state index in [1.165, 1.54) is 22.5 Å². The number of ether oxygens (including phenoxy) is 2. The number of rotatable bonds is 8. The second-order valence-electron chi connectivity index (χ2n) is 14.2. The number of nitrogen functional groups attached to an aromatic ring is 1. The van der Waals surface area contributed by atoms with E-state index in [2.05, 4.69) is 15.8 Å². The van der Waals surface area contributed by atoms with E-state index >= 15 is 0 Å². The molecule has 12 nitrogen and oxygen atoms in total. The van der Waals surface area contributed by atoms with E-state index in [4.69, 9.17) is 48.4 Å². The Balaban J connectivity index is 0.00000480. The first-order valence-corrected chi connectivity index (χ1v) is 18.8. The number of aromatic hydroxyl groups is 1. The van der Waals surface area contributed by atoms with E-state index in [9.17, 15) is 23.4 Å². The average molecular weight is 836 g/mol. The SMILES string of the molecule is Cc1c(CC2=CNN3C(O)=CC(Nc4c(C5CCOCC5)nc5c(Cc6cccc(Cl)c6Cl)c(N)nn5c4O)(C4CCOCC4)N=C23)cccc1C(F)(F)F.Cl. The van der Waals surface area contributed by atoms with Crippen LogP contribution in [0.3, 0.4) is 0 Å². The predicted molar refractivity (Wildman–Crippen MR) is 209 cm³/mol. The Morgan fingerprint density at radius 1 is 1.00 bits per heavy atom. The molecule has 1 unspecified atom stereocenters. The lowest BCUT2D eigenvalue weighted by Gasteiger charge is -2.42. The van der Waals surface area contributed by atoms with Crippen LogP contribution in [-0.4, -0.2) is 67.7 Å². The Bertz CT molecular complexity index is 2250. The summed E-state index contributed by atoms with van der Waals surface area (Å²) in [5, 5.41) is 34.1. The summed E-state index contributed by atoms with van der Waals surface area (Å²) in [7, 11) is 0. The second kappa shape index (κ2) is 15.5. The Hall–Kier alpha value is -4.41. The molecule has 0 aliphatic carbocycles. The maximum absolute atomic E-state index is 13.9. The molecule has 2 saturated heterocycles. The first kappa shape index (κ1) is 39.8. The van der Waals surface area contributed by atoms with E-state index in [0.29, 0.717) is 102 Å². The van der Waals surface area contributed by atoms with Gasteiger partial charge in [0.15, 0.2) is 23.0 Å². The number of nitrogens with two attached hydrogens (primary N) is 1. The Kier molecular flexibility index (Phi) is 11.0. The molecule has 6 N–H and O–H groups in total. The van der Waals surface area contributed by atoms with Crippen LogP contribution in [0.15, 0.2) is 65.1 Å². The van der Waals surface area contributed by atoms with Gasteiger partial charge in [-0.1, -0.05) is 47.5 Å². The quantitative estimate of drug-likeness (QED) is 0.119. The standard InChI is InChI=1S/C38H39Cl2F3N8O4.ClH/c1-20-22(4-2-6-27(20)38(41,42)43)16-24-19-45-50-29(52)18-37(48-34(24)50,25-10-14-55-15-11-25)47-32-31(21-8-12-54-13-9-21)46-35-26(33(44)49-51(35)36(32)53)17-23-5-3-7-28(39)30(23)40;/h2-7,18-19,21,25,45,47,52-53H,8-17H2,1H3,(H2,44,49);1H. The van der Waals surface area contributed by atoms with Gasteiger partial charge in [0.1, 0.15) is 5.69 Å². The summed E-state index contributed by atoms with van der Waals surface area (Å²) in [5.41, 5.74) is 11.0. The molecule has 56 heavy (non-hydrogen) atoms. The highest BCUT2D eigenvalue weighted by atomic mass is 35.5. The topological polar surface area (TPSA) is 155 Å². The van der Waals surface area contributed by atoms with Crippen molar-refractivity contribution in [2.75, 3.05) is 37.5 Å². The van der Waals surface area contributed by atoms with Crippen molar-refractivity contribution < 1.29 is 32.9 Å². The zero-order chi connectivity index (χ0) is 38.6. The zero-order valence-electron chi connectivity index (χ0n) is 30.2. The van der Waals surface area contributed by atoms with Crippen molar-refractivity contribution in [2.24, 2.45) is 10.9 Å². The molecule has 8 rings (SSSR count). The Morgan fingerprint density at radius 3 is 2.39 bits per heavy atom. The van der Waals surface area contributed by atoms with Crippen LogP contribution in [0, 0.1) is 12.8 Å². The van der Waals surface area contributed by atoms with Gasteiger partial charge >= 0.3 is 6.18 Å². The first-order valence-electron chi connectivity index (χ1n) is 18.0. The minimum Gasteiger partial charge on any atom is -0.493 e.